The highest BCUT2D eigenvalue weighted by atomic mass is 32.1. The first-order valence-corrected chi connectivity index (χ1v) is 9.23. The molecule has 27 heavy (non-hydrogen) atoms. The molecule has 0 aliphatic rings. The van der Waals surface area contributed by atoms with Gasteiger partial charge < -0.3 is 14.2 Å². The second-order valence-electron chi connectivity index (χ2n) is 5.74. The van der Waals surface area contributed by atoms with Gasteiger partial charge in [0.05, 0.1) is 32.6 Å². The molecule has 7 nitrogen and oxygen atoms in total. The van der Waals surface area contributed by atoms with Crippen molar-refractivity contribution in [2.24, 2.45) is 0 Å². The Balaban J connectivity index is 2.04. The molecule has 0 aliphatic heterocycles. The van der Waals surface area contributed by atoms with Crippen LogP contribution >= 0.6 is 11.3 Å². The van der Waals surface area contributed by atoms with Crippen LogP contribution in [0.15, 0.2) is 18.2 Å². The maximum atomic E-state index is 12.2. The Labute approximate surface area is 162 Å². The average molecular weight is 392 g/mol. The number of rotatable bonds is 7. The molecule has 8 heteroatoms. The van der Waals surface area contributed by atoms with Gasteiger partial charge in [-0.1, -0.05) is 13.0 Å². The number of amides is 2. The van der Waals surface area contributed by atoms with Crippen molar-refractivity contribution in [1.82, 2.24) is 10.9 Å². The van der Waals surface area contributed by atoms with Crippen LogP contribution in [0.3, 0.4) is 0 Å². The monoisotopic (exact) mass is 392 g/mol. The van der Waals surface area contributed by atoms with Crippen LogP contribution in [0.1, 0.15) is 32.6 Å². The quantitative estimate of drug-likeness (QED) is 0.708. The summed E-state index contributed by atoms with van der Waals surface area (Å²) in [7, 11) is 4.51. The zero-order valence-electron chi connectivity index (χ0n) is 16.1. The third kappa shape index (κ3) is 4.71. The van der Waals surface area contributed by atoms with Gasteiger partial charge in [0.25, 0.3) is 5.91 Å². The summed E-state index contributed by atoms with van der Waals surface area (Å²) >= 11 is 1.42. The van der Waals surface area contributed by atoms with Crippen molar-refractivity contribution in [2.75, 3.05) is 21.3 Å². The first-order valence-electron chi connectivity index (χ1n) is 8.41. The van der Waals surface area contributed by atoms with E-state index in [-0.39, 0.29) is 18.2 Å². The number of carbonyl (C=O) groups is 2. The molecule has 0 spiro atoms. The van der Waals surface area contributed by atoms with E-state index in [4.69, 9.17) is 14.2 Å². The highest BCUT2D eigenvalue weighted by Gasteiger charge is 2.18. The van der Waals surface area contributed by atoms with Crippen molar-refractivity contribution >= 4 is 23.2 Å². The normalized spacial score (nSPS) is 10.3. The summed E-state index contributed by atoms with van der Waals surface area (Å²) in [5, 5.41) is 0. The molecule has 0 atom stereocenters. The number of methoxy groups -OCH3 is 3. The lowest BCUT2D eigenvalue weighted by molar-refractivity contribution is -0.121. The summed E-state index contributed by atoms with van der Waals surface area (Å²) in [5.41, 5.74) is 6.57. The van der Waals surface area contributed by atoms with Gasteiger partial charge in [0.15, 0.2) is 11.5 Å². The maximum absolute atomic E-state index is 12.2. The van der Waals surface area contributed by atoms with Crippen LogP contribution in [0, 0.1) is 6.92 Å². The number of hydrazine groups is 1. The SMILES string of the molecule is CCc1sc(C(=O)NNC(=O)Cc2ccc(OC)c(OC)c2OC)cc1C. The number of carbonyl (C=O) groups excluding carboxylic acids is 2. The van der Waals surface area contributed by atoms with E-state index >= 15 is 0 Å². The third-order valence-electron chi connectivity index (χ3n) is 4.02. The van der Waals surface area contributed by atoms with Crippen molar-refractivity contribution in [3.8, 4) is 17.2 Å². The van der Waals surface area contributed by atoms with Crippen LogP contribution in [-0.2, 0) is 17.6 Å². The molecular formula is C19H24N2O5S. The maximum Gasteiger partial charge on any atom is 0.279 e. The van der Waals surface area contributed by atoms with Crippen molar-refractivity contribution < 1.29 is 23.8 Å². The van der Waals surface area contributed by atoms with Crippen LogP contribution in [0.5, 0.6) is 17.2 Å². The molecule has 0 bridgehead atoms. The van der Waals surface area contributed by atoms with Crippen LogP contribution in [0.4, 0.5) is 0 Å². The summed E-state index contributed by atoms with van der Waals surface area (Å²) in [6.07, 6.45) is 0.878. The molecular weight excluding hydrogens is 368 g/mol. The number of hydrogen-bond donors (Lipinski definition) is 2. The van der Waals surface area contributed by atoms with Crippen LogP contribution in [0.2, 0.25) is 0 Å². The second kappa shape index (κ2) is 9.27. The number of benzene rings is 1. The van der Waals surface area contributed by atoms with Crippen LogP contribution in [-0.4, -0.2) is 33.1 Å². The zero-order chi connectivity index (χ0) is 20.0. The Kier molecular flexibility index (Phi) is 7.06. The molecule has 146 valence electrons. The minimum Gasteiger partial charge on any atom is -0.493 e. The molecule has 0 unspecified atom stereocenters. The molecule has 0 fully saturated rings. The molecule has 1 heterocycles. The number of thiophene rings is 1. The predicted molar refractivity (Wildman–Crippen MR) is 104 cm³/mol. The lowest BCUT2D eigenvalue weighted by Gasteiger charge is -2.15. The van der Waals surface area contributed by atoms with E-state index in [9.17, 15) is 9.59 Å². The zero-order valence-corrected chi connectivity index (χ0v) is 16.9. The molecule has 0 saturated heterocycles. The number of nitrogens with one attached hydrogen (secondary N) is 2. The Morgan fingerprint density at radius 3 is 2.30 bits per heavy atom. The summed E-state index contributed by atoms with van der Waals surface area (Å²) in [6, 6.07) is 5.24. The van der Waals surface area contributed by atoms with Gasteiger partial charge in [-0.25, -0.2) is 0 Å². The van der Waals surface area contributed by atoms with Crippen LogP contribution in [0.25, 0.3) is 0 Å². The van der Waals surface area contributed by atoms with Crippen molar-refractivity contribution in [2.45, 2.75) is 26.7 Å². The van der Waals surface area contributed by atoms with E-state index in [1.54, 1.807) is 12.1 Å². The van der Waals surface area contributed by atoms with E-state index in [0.29, 0.717) is 27.7 Å². The second-order valence-corrected chi connectivity index (χ2v) is 6.88. The summed E-state index contributed by atoms with van der Waals surface area (Å²) in [5.74, 6) is 0.621. The first-order chi connectivity index (χ1) is 12.9. The topological polar surface area (TPSA) is 85.9 Å². The molecule has 0 aliphatic carbocycles. The minimum absolute atomic E-state index is 0.00743. The van der Waals surface area contributed by atoms with Crippen molar-refractivity contribution in [3.63, 3.8) is 0 Å². The molecule has 2 N–H and O–H groups in total. The number of ether oxygens (including phenoxy) is 3. The van der Waals surface area contributed by atoms with Crippen molar-refractivity contribution in [3.05, 3.63) is 39.1 Å². The Morgan fingerprint density at radius 2 is 1.74 bits per heavy atom. The number of aryl methyl sites for hydroxylation is 2. The molecule has 1 aromatic carbocycles. The Morgan fingerprint density at radius 1 is 1.04 bits per heavy atom. The summed E-state index contributed by atoms with van der Waals surface area (Å²) in [6.45, 7) is 4.01. The van der Waals surface area contributed by atoms with Gasteiger partial charge in [0, 0.05) is 10.4 Å². The van der Waals surface area contributed by atoms with Gasteiger partial charge in [-0.3, -0.25) is 20.4 Å². The van der Waals surface area contributed by atoms with Gasteiger partial charge >= 0.3 is 0 Å². The van der Waals surface area contributed by atoms with Crippen LogP contribution < -0.4 is 25.1 Å². The predicted octanol–water partition coefficient (Wildman–Crippen LogP) is 2.65. The highest BCUT2D eigenvalue weighted by Crippen LogP contribution is 2.39. The summed E-state index contributed by atoms with van der Waals surface area (Å²) < 4.78 is 15.9. The van der Waals surface area contributed by atoms with Gasteiger partial charge in [-0.2, -0.15) is 0 Å². The smallest absolute Gasteiger partial charge is 0.279 e. The molecule has 2 aromatic rings. The first kappa shape index (κ1) is 20.6. The minimum atomic E-state index is -0.377. The van der Waals surface area contributed by atoms with E-state index in [0.717, 1.165) is 16.9 Å². The molecule has 0 saturated carbocycles. The fourth-order valence-electron chi connectivity index (χ4n) is 2.69. The summed E-state index contributed by atoms with van der Waals surface area (Å²) in [4.78, 5) is 26.2. The van der Waals surface area contributed by atoms with E-state index < -0.39 is 0 Å². The van der Waals surface area contributed by atoms with E-state index in [1.807, 2.05) is 19.9 Å². The third-order valence-corrected chi connectivity index (χ3v) is 5.40. The van der Waals surface area contributed by atoms with Crippen molar-refractivity contribution in [1.29, 1.82) is 0 Å². The molecule has 1 aromatic heterocycles. The van der Waals surface area contributed by atoms with Gasteiger partial charge in [-0.15, -0.1) is 11.3 Å². The standard InChI is InChI=1S/C19H24N2O5S/c1-6-14-11(2)9-15(27-14)19(23)21-20-16(22)10-12-7-8-13(24-3)18(26-5)17(12)25-4/h7-9H,6,10H2,1-5H3,(H,20,22)(H,21,23). The number of hydrogen-bond acceptors (Lipinski definition) is 6. The Hall–Kier alpha value is -2.74. The lowest BCUT2D eigenvalue weighted by atomic mass is 10.1. The van der Waals surface area contributed by atoms with Gasteiger partial charge in [-0.05, 0) is 31.0 Å². The fourth-order valence-corrected chi connectivity index (χ4v) is 3.70. The largest absolute Gasteiger partial charge is 0.493 e. The fraction of sp³-hybridized carbons (Fsp3) is 0.368. The highest BCUT2D eigenvalue weighted by molar-refractivity contribution is 7.14. The Bertz CT molecular complexity index is 832. The van der Waals surface area contributed by atoms with E-state index in [1.165, 1.54) is 32.7 Å². The molecule has 0 radical (unpaired) electrons. The van der Waals surface area contributed by atoms with Gasteiger partial charge in [0.1, 0.15) is 0 Å². The lowest BCUT2D eigenvalue weighted by Crippen LogP contribution is -2.42. The molecule has 2 amide bonds. The average Bonchev–Trinajstić information content (AvgIpc) is 3.06. The van der Waals surface area contributed by atoms with E-state index in [2.05, 4.69) is 10.9 Å². The van der Waals surface area contributed by atoms with Gasteiger partial charge in [0.2, 0.25) is 11.7 Å². The molecule has 2 rings (SSSR count).